The number of piperidine rings is 1. The van der Waals surface area contributed by atoms with Crippen molar-refractivity contribution >= 4 is 11.6 Å². The predicted molar refractivity (Wildman–Crippen MR) is 113 cm³/mol. The number of hydrogen-bond acceptors (Lipinski definition) is 3. The van der Waals surface area contributed by atoms with Crippen LogP contribution < -0.4 is 5.32 Å². The highest BCUT2D eigenvalue weighted by Crippen LogP contribution is 2.37. The first-order valence-electron chi connectivity index (χ1n) is 10.4. The van der Waals surface area contributed by atoms with Crippen LogP contribution in [0.25, 0.3) is 0 Å². The summed E-state index contributed by atoms with van der Waals surface area (Å²) in [6.07, 6.45) is 3.53. The van der Waals surface area contributed by atoms with Crippen LogP contribution in [-0.2, 0) is 14.9 Å². The van der Waals surface area contributed by atoms with E-state index in [0.717, 1.165) is 44.3 Å². The quantitative estimate of drug-likeness (QED) is 0.869. The molecule has 2 heterocycles. The zero-order chi connectivity index (χ0) is 19.4. The zero-order valence-corrected chi connectivity index (χ0v) is 16.7. The number of amides is 1. The zero-order valence-electron chi connectivity index (χ0n) is 16.7. The lowest BCUT2D eigenvalue weighted by atomic mass is 9.72. The Morgan fingerprint density at radius 3 is 2.32 bits per heavy atom. The first kappa shape index (κ1) is 19.0. The monoisotopic (exact) mass is 378 g/mol. The summed E-state index contributed by atoms with van der Waals surface area (Å²) >= 11 is 0. The Bertz CT molecular complexity index is 791. The Hall–Kier alpha value is -2.33. The van der Waals surface area contributed by atoms with Gasteiger partial charge in [-0.3, -0.25) is 4.79 Å². The van der Waals surface area contributed by atoms with Crippen molar-refractivity contribution in [2.45, 2.75) is 44.1 Å². The van der Waals surface area contributed by atoms with Gasteiger partial charge >= 0.3 is 0 Å². The SMILES string of the molecule is Cc1ccccc1NC1CCN(C(=O)C2(c3ccccc3)CCOCC2)CC1. The van der Waals surface area contributed by atoms with Gasteiger partial charge in [-0.25, -0.2) is 0 Å². The number of aryl methyl sites for hydroxylation is 1. The van der Waals surface area contributed by atoms with Crippen LogP contribution in [0.15, 0.2) is 54.6 Å². The molecular weight excluding hydrogens is 348 g/mol. The van der Waals surface area contributed by atoms with Crippen LogP contribution in [0.3, 0.4) is 0 Å². The average molecular weight is 379 g/mol. The number of para-hydroxylation sites is 1. The molecule has 0 spiro atoms. The molecule has 2 saturated heterocycles. The molecule has 0 unspecified atom stereocenters. The highest BCUT2D eigenvalue weighted by molar-refractivity contribution is 5.88. The van der Waals surface area contributed by atoms with Crippen molar-refractivity contribution in [3.63, 3.8) is 0 Å². The second-order valence-corrected chi connectivity index (χ2v) is 8.09. The molecule has 4 nitrogen and oxygen atoms in total. The molecule has 28 heavy (non-hydrogen) atoms. The highest BCUT2D eigenvalue weighted by Gasteiger charge is 2.44. The maximum Gasteiger partial charge on any atom is 0.233 e. The number of anilines is 1. The number of ether oxygens (including phenoxy) is 1. The maximum absolute atomic E-state index is 13.6. The minimum atomic E-state index is -0.421. The second-order valence-electron chi connectivity index (χ2n) is 8.09. The fourth-order valence-corrected chi connectivity index (χ4v) is 4.59. The second kappa shape index (κ2) is 8.36. The Morgan fingerprint density at radius 2 is 1.64 bits per heavy atom. The van der Waals surface area contributed by atoms with E-state index in [0.29, 0.717) is 19.3 Å². The summed E-state index contributed by atoms with van der Waals surface area (Å²) in [5, 5.41) is 3.67. The maximum atomic E-state index is 13.6. The summed E-state index contributed by atoms with van der Waals surface area (Å²) in [5.74, 6) is 0.288. The Balaban J connectivity index is 1.44. The van der Waals surface area contributed by atoms with Gasteiger partial charge in [-0.2, -0.15) is 0 Å². The molecule has 0 radical (unpaired) electrons. The number of carbonyl (C=O) groups excluding carboxylic acids is 1. The van der Waals surface area contributed by atoms with Gasteiger partial charge < -0.3 is 15.0 Å². The molecule has 4 heteroatoms. The minimum absolute atomic E-state index is 0.288. The average Bonchev–Trinajstić information content (AvgIpc) is 2.76. The molecule has 0 atom stereocenters. The smallest absolute Gasteiger partial charge is 0.233 e. The van der Waals surface area contributed by atoms with Crippen molar-refractivity contribution in [3.05, 3.63) is 65.7 Å². The summed E-state index contributed by atoms with van der Waals surface area (Å²) in [5.41, 5.74) is 3.20. The molecule has 2 aliphatic heterocycles. The molecule has 0 bridgehead atoms. The van der Waals surface area contributed by atoms with Gasteiger partial charge in [0.1, 0.15) is 0 Å². The molecule has 2 aliphatic rings. The van der Waals surface area contributed by atoms with Crippen molar-refractivity contribution in [2.75, 3.05) is 31.6 Å². The van der Waals surface area contributed by atoms with Crippen molar-refractivity contribution in [2.24, 2.45) is 0 Å². The molecule has 2 fully saturated rings. The number of likely N-dealkylation sites (tertiary alicyclic amines) is 1. The largest absolute Gasteiger partial charge is 0.382 e. The van der Waals surface area contributed by atoms with E-state index in [1.165, 1.54) is 11.3 Å². The van der Waals surface area contributed by atoms with E-state index in [-0.39, 0.29) is 5.91 Å². The predicted octanol–water partition coefficient (Wildman–Crippen LogP) is 4.15. The first-order chi connectivity index (χ1) is 13.7. The van der Waals surface area contributed by atoms with E-state index in [1.807, 2.05) is 18.2 Å². The van der Waals surface area contributed by atoms with Gasteiger partial charge in [0, 0.05) is 38.0 Å². The Kier molecular flexibility index (Phi) is 5.67. The number of rotatable bonds is 4. The molecule has 148 valence electrons. The van der Waals surface area contributed by atoms with Crippen LogP contribution in [-0.4, -0.2) is 43.2 Å². The van der Waals surface area contributed by atoms with E-state index in [9.17, 15) is 4.79 Å². The third-order valence-corrected chi connectivity index (χ3v) is 6.37. The lowest BCUT2D eigenvalue weighted by molar-refractivity contribution is -0.142. The number of hydrogen-bond donors (Lipinski definition) is 1. The number of nitrogens with one attached hydrogen (secondary N) is 1. The Morgan fingerprint density at radius 1 is 1.00 bits per heavy atom. The molecule has 1 amide bonds. The van der Waals surface area contributed by atoms with Crippen LogP contribution in [0, 0.1) is 6.92 Å². The van der Waals surface area contributed by atoms with Gasteiger partial charge in [0.25, 0.3) is 0 Å². The molecular formula is C24H30N2O2. The van der Waals surface area contributed by atoms with Crippen LogP contribution >= 0.6 is 0 Å². The van der Waals surface area contributed by atoms with E-state index >= 15 is 0 Å². The molecule has 2 aromatic carbocycles. The third-order valence-electron chi connectivity index (χ3n) is 6.37. The fraction of sp³-hybridized carbons (Fsp3) is 0.458. The van der Waals surface area contributed by atoms with E-state index in [4.69, 9.17) is 4.74 Å². The van der Waals surface area contributed by atoms with Gasteiger partial charge in [-0.05, 0) is 49.8 Å². The lowest BCUT2D eigenvalue weighted by Crippen LogP contribution is -2.53. The standard InChI is InChI=1S/C24H30N2O2/c1-19-7-5-6-10-22(19)25-21-11-15-26(16-12-21)23(27)24(13-17-28-18-14-24)20-8-3-2-4-9-20/h2-10,21,25H,11-18H2,1H3. The van der Waals surface area contributed by atoms with E-state index in [1.54, 1.807) is 0 Å². The molecule has 0 aromatic heterocycles. The lowest BCUT2D eigenvalue weighted by Gasteiger charge is -2.42. The van der Waals surface area contributed by atoms with Crippen molar-refractivity contribution in [3.8, 4) is 0 Å². The summed E-state index contributed by atoms with van der Waals surface area (Å²) in [4.78, 5) is 15.7. The molecule has 4 rings (SSSR count). The van der Waals surface area contributed by atoms with Gasteiger partial charge in [-0.1, -0.05) is 48.5 Å². The molecule has 1 N–H and O–H groups in total. The number of benzene rings is 2. The number of nitrogens with zero attached hydrogens (tertiary/aromatic N) is 1. The number of carbonyl (C=O) groups is 1. The molecule has 0 saturated carbocycles. The van der Waals surface area contributed by atoms with Crippen molar-refractivity contribution in [1.82, 2.24) is 4.90 Å². The van der Waals surface area contributed by atoms with Crippen molar-refractivity contribution < 1.29 is 9.53 Å². The van der Waals surface area contributed by atoms with Crippen LogP contribution in [0.1, 0.15) is 36.8 Å². The normalized spacial score (nSPS) is 20.0. The van der Waals surface area contributed by atoms with Gasteiger partial charge in [0.2, 0.25) is 5.91 Å². The molecule has 0 aliphatic carbocycles. The summed E-state index contributed by atoms with van der Waals surface area (Å²) < 4.78 is 5.60. The van der Waals surface area contributed by atoms with Crippen LogP contribution in [0.5, 0.6) is 0 Å². The summed E-state index contributed by atoms with van der Waals surface area (Å²) in [7, 11) is 0. The van der Waals surface area contributed by atoms with Gasteiger partial charge in [0.05, 0.1) is 5.41 Å². The Labute approximate surface area is 167 Å². The van der Waals surface area contributed by atoms with Gasteiger partial charge in [0.15, 0.2) is 0 Å². The first-order valence-corrected chi connectivity index (χ1v) is 10.4. The summed E-state index contributed by atoms with van der Waals surface area (Å²) in [6, 6.07) is 19.1. The van der Waals surface area contributed by atoms with Gasteiger partial charge in [-0.15, -0.1) is 0 Å². The minimum Gasteiger partial charge on any atom is -0.382 e. The summed E-state index contributed by atoms with van der Waals surface area (Å²) in [6.45, 7) is 5.09. The topological polar surface area (TPSA) is 41.6 Å². The van der Waals surface area contributed by atoms with E-state index in [2.05, 4.69) is 53.5 Å². The molecule has 2 aromatic rings. The third kappa shape index (κ3) is 3.79. The fourth-order valence-electron chi connectivity index (χ4n) is 4.59. The van der Waals surface area contributed by atoms with Crippen molar-refractivity contribution in [1.29, 1.82) is 0 Å². The highest BCUT2D eigenvalue weighted by atomic mass is 16.5. The van der Waals surface area contributed by atoms with Crippen LogP contribution in [0.2, 0.25) is 0 Å². The van der Waals surface area contributed by atoms with Crippen LogP contribution in [0.4, 0.5) is 5.69 Å². The van der Waals surface area contributed by atoms with E-state index < -0.39 is 5.41 Å².